The molecular formula is C21H50O2S. The summed E-state index contributed by atoms with van der Waals surface area (Å²) in [6, 6.07) is 0. The zero-order valence-electron chi connectivity index (χ0n) is 20.2. The molecule has 0 aromatic carbocycles. The first-order chi connectivity index (χ1) is 11.7. The fourth-order valence-corrected chi connectivity index (χ4v) is 2.26. The molecule has 2 nitrogen and oxygen atoms in total. The molecule has 0 heterocycles. The molecule has 0 saturated heterocycles. The van der Waals surface area contributed by atoms with E-state index in [0.29, 0.717) is 23.5 Å². The summed E-state index contributed by atoms with van der Waals surface area (Å²) < 4.78 is 43.3. The summed E-state index contributed by atoms with van der Waals surface area (Å²) in [6.45, 7) is 16.3. The van der Waals surface area contributed by atoms with Crippen molar-refractivity contribution in [1.82, 2.24) is 0 Å². The summed E-state index contributed by atoms with van der Waals surface area (Å²) in [5.74, 6) is 1.67. The van der Waals surface area contributed by atoms with Gasteiger partial charge in [-0.15, -0.1) is 0 Å². The maximum Gasteiger partial charge on any atom is 0.147 e. The van der Waals surface area contributed by atoms with E-state index in [0.717, 1.165) is 25.7 Å². The summed E-state index contributed by atoms with van der Waals surface area (Å²) in [4.78, 5) is 0. The van der Waals surface area contributed by atoms with Crippen molar-refractivity contribution >= 4 is 9.84 Å². The molecule has 0 spiro atoms. The van der Waals surface area contributed by atoms with Gasteiger partial charge in [0, 0.05) is 10.4 Å². The highest BCUT2D eigenvalue weighted by molar-refractivity contribution is 7.90. The van der Waals surface area contributed by atoms with Gasteiger partial charge in [-0.1, -0.05) is 101 Å². The van der Waals surface area contributed by atoms with Crippen LogP contribution in [0.2, 0.25) is 0 Å². The standard InChI is InChI=1S/2C7H16.C6H14O2S.CH4/c2*1-4-5-6-7(2)3;1-6(2)4-5-9(3,7)8;/h2*7H,4-6H2,1-3H3;6H,4-5H2,1-3H3;1H4/i5D,6D;6D;;. The summed E-state index contributed by atoms with van der Waals surface area (Å²) in [5, 5.41) is 0. The first-order valence-electron chi connectivity index (χ1n) is 10.9. The highest BCUT2D eigenvalue weighted by atomic mass is 32.2. The smallest absolute Gasteiger partial charge is 0.147 e. The molecule has 0 fully saturated rings. The molecular weight excluding hydrogens is 316 g/mol. The summed E-state index contributed by atoms with van der Waals surface area (Å²) in [7, 11) is -2.72. The quantitative estimate of drug-likeness (QED) is 0.425. The van der Waals surface area contributed by atoms with Gasteiger partial charge in [0.25, 0.3) is 0 Å². The Morgan fingerprint density at radius 3 is 1.42 bits per heavy atom. The summed E-state index contributed by atoms with van der Waals surface area (Å²) >= 11 is 0. The minimum atomic E-state index is -2.72. The zero-order valence-corrected chi connectivity index (χ0v) is 18.0. The maximum atomic E-state index is 10.5. The van der Waals surface area contributed by atoms with Crippen LogP contribution >= 0.6 is 0 Å². The van der Waals surface area contributed by atoms with Crippen LogP contribution in [0.4, 0.5) is 0 Å². The lowest BCUT2D eigenvalue weighted by Crippen LogP contribution is -2.05. The van der Waals surface area contributed by atoms with Crippen molar-refractivity contribution in [3.63, 3.8) is 0 Å². The van der Waals surface area contributed by atoms with Crippen LogP contribution in [0.25, 0.3) is 0 Å². The van der Waals surface area contributed by atoms with Crippen molar-refractivity contribution in [3.05, 3.63) is 0 Å². The second-order valence-electron chi connectivity index (χ2n) is 7.16. The topological polar surface area (TPSA) is 34.1 Å². The second kappa shape index (κ2) is 21.0. The van der Waals surface area contributed by atoms with Crippen molar-refractivity contribution in [2.45, 2.75) is 108 Å². The van der Waals surface area contributed by atoms with Crippen molar-refractivity contribution in [3.8, 4) is 0 Å². The Labute approximate surface area is 160 Å². The monoisotopic (exact) mass is 369 g/mol. The SMILES string of the molecule is C.CC(C)CCS(C)(=O)=O.[2H]C(CC)C([2H])C(C)C.[2H]C(CCC)C(C)C. The Morgan fingerprint density at radius 2 is 1.29 bits per heavy atom. The van der Waals surface area contributed by atoms with Gasteiger partial charge in [0.2, 0.25) is 0 Å². The number of hydrogen-bond donors (Lipinski definition) is 0. The van der Waals surface area contributed by atoms with E-state index in [2.05, 4.69) is 20.8 Å². The lowest BCUT2D eigenvalue weighted by atomic mass is 10.1. The van der Waals surface area contributed by atoms with Gasteiger partial charge >= 0.3 is 0 Å². The fourth-order valence-electron chi connectivity index (χ4n) is 1.36. The lowest BCUT2D eigenvalue weighted by molar-refractivity contribution is 0.550. The van der Waals surface area contributed by atoms with E-state index in [4.69, 9.17) is 4.11 Å². The molecule has 0 aliphatic carbocycles. The molecule has 3 atom stereocenters. The van der Waals surface area contributed by atoms with Crippen LogP contribution in [0.15, 0.2) is 0 Å². The minimum absolute atomic E-state index is 0. The molecule has 24 heavy (non-hydrogen) atoms. The van der Waals surface area contributed by atoms with Crippen molar-refractivity contribution in [1.29, 1.82) is 0 Å². The average molecular weight is 370 g/mol. The van der Waals surface area contributed by atoms with Crippen molar-refractivity contribution in [2.24, 2.45) is 17.8 Å². The molecule has 152 valence electrons. The van der Waals surface area contributed by atoms with Crippen LogP contribution in [-0.4, -0.2) is 20.4 Å². The normalized spacial score (nSPS) is 16.4. The number of sulfone groups is 1. The fraction of sp³-hybridized carbons (Fsp3) is 1.00. The van der Waals surface area contributed by atoms with Crippen molar-refractivity contribution in [2.75, 3.05) is 12.0 Å². The Balaban J connectivity index is -0.000000145. The van der Waals surface area contributed by atoms with Crippen LogP contribution in [0.3, 0.4) is 0 Å². The van der Waals surface area contributed by atoms with E-state index in [9.17, 15) is 8.42 Å². The van der Waals surface area contributed by atoms with Crippen LogP contribution < -0.4 is 0 Å². The molecule has 0 aromatic heterocycles. The van der Waals surface area contributed by atoms with E-state index in [1.54, 1.807) is 0 Å². The van der Waals surface area contributed by atoms with Gasteiger partial charge < -0.3 is 0 Å². The zero-order chi connectivity index (χ0) is 21.5. The average Bonchev–Trinajstić information content (AvgIpc) is 2.52. The van der Waals surface area contributed by atoms with E-state index in [-0.39, 0.29) is 26.6 Å². The van der Waals surface area contributed by atoms with Gasteiger partial charge in [0.15, 0.2) is 0 Å². The van der Waals surface area contributed by atoms with Gasteiger partial charge in [0.05, 0.1) is 5.75 Å². The first-order valence-corrected chi connectivity index (χ1v) is 11.2. The van der Waals surface area contributed by atoms with Gasteiger partial charge in [-0.2, -0.15) is 0 Å². The second-order valence-corrected chi connectivity index (χ2v) is 9.42. The summed E-state index contributed by atoms with van der Waals surface area (Å²) in [6.07, 6.45) is 4.82. The Morgan fingerprint density at radius 1 is 0.833 bits per heavy atom. The molecule has 0 amide bonds. The van der Waals surface area contributed by atoms with Crippen LogP contribution in [-0.2, 0) is 9.84 Å². The molecule has 0 N–H and O–H groups in total. The molecule has 0 aromatic rings. The van der Waals surface area contributed by atoms with E-state index >= 15 is 0 Å². The van der Waals surface area contributed by atoms with E-state index < -0.39 is 9.84 Å². The van der Waals surface area contributed by atoms with Crippen LogP contribution in [0.1, 0.15) is 112 Å². The van der Waals surface area contributed by atoms with Gasteiger partial charge in [-0.3, -0.25) is 0 Å². The molecule has 0 saturated carbocycles. The molecule has 0 rings (SSSR count). The molecule has 0 aliphatic rings. The van der Waals surface area contributed by atoms with Crippen LogP contribution in [0, 0.1) is 17.8 Å². The molecule has 0 bridgehead atoms. The molecule has 3 unspecified atom stereocenters. The third-order valence-electron chi connectivity index (χ3n) is 2.75. The number of hydrogen-bond acceptors (Lipinski definition) is 2. The molecule has 0 radical (unpaired) electrons. The Bertz CT molecular complexity index is 396. The van der Waals surface area contributed by atoms with Gasteiger partial charge in [-0.25, -0.2) is 8.42 Å². The minimum Gasteiger partial charge on any atom is -0.229 e. The van der Waals surface area contributed by atoms with E-state index in [1.807, 2.05) is 34.6 Å². The number of rotatable bonds is 9. The predicted molar refractivity (Wildman–Crippen MR) is 115 cm³/mol. The van der Waals surface area contributed by atoms with Crippen molar-refractivity contribution < 1.29 is 12.5 Å². The van der Waals surface area contributed by atoms with Gasteiger partial charge in [-0.05, 0) is 24.2 Å². The summed E-state index contributed by atoms with van der Waals surface area (Å²) in [5.41, 5.74) is 0. The molecule has 3 heteroatoms. The largest absolute Gasteiger partial charge is 0.229 e. The lowest BCUT2D eigenvalue weighted by Gasteiger charge is -2.00. The first kappa shape index (κ1) is 23.9. The van der Waals surface area contributed by atoms with E-state index in [1.165, 1.54) is 6.26 Å². The highest BCUT2D eigenvalue weighted by Gasteiger charge is 2.02. The third-order valence-corrected chi connectivity index (χ3v) is 3.73. The third kappa shape index (κ3) is 49.5. The van der Waals surface area contributed by atoms with Gasteiger partial charge in [0.1, 0.15) is 9.84 Å². The molecule has 0 aliphatic heterocycles. The Kier molecular flexibility index (Phi) is 20.9. The van der Waals surface area contributed by atoms with Crippen LogP contribution in [0.5, 0.6) is 0 Å². The highest BCUT2D eigenvalue weighted by Crippen LogP contribution is 2.05. The Hall–Kier alpha value is -0.0500. The maximum absolute atomic E-state index is 10.5. The predicted octanol–water partition coefficient (Wildman–Crippen LogP) is 7.38.